The summed E-state index contributed by atoms with van der Waals surface area (Å²) in [5, 5.41) is 13.3. The number of benzene rings is 3. The van der Waals surface area contributed by atoms with Crippen LogP contribution in [0.2, 0.25) is 0 Å². The molecule has 0 saturated carbocycles. The van der Waals surface area contributed by atoms with Gasteiger partial charge in [-0.15, -0.1) is 11.3 Å². The summed E-state index contributed by atoms with van der Waals surface area (Å²) in [6, 6.07) is 17.7. The van der Waals surface area contributed by atoms with Gasteiger partial charge in [-0.1, -0.05) is 30.3 Å². The molecule has 6 rings (SSSR count). The average Bonchev–Trinajstić information content (AvgIpc) is 3.71. The van der Waals surface area contributed by atoms with Gasteiger partial charge in [-0.2, -0.15) is 0 Å². The molecule has 1 fully saturated rings. The normalized spacial score (nSPS) is 14.6. The van der Waals surface area contributed by atoms with Crippen LogP contribution in [-0.4, -0.2) is 72.1 Å². The van der Waals surface area contributed by atoms with Crippen molar-refractivity contribution in [2.45, 2.75) is 56.4 Å². The van der Waals surface area contributed by atoms with Crippen LogP contribution in [0.3, 0.4) is 0 Å². The summed E-state index contributed by atoms with van der Waals surface area (Å²) in [7, 11) is -1.80. The predicted molar refractivity (Wildman–Crippen MR) is 211 cm³/mol. The molecule has 1 atom stereocenters. The van der Waals surface area contributed by atoms with Crippen LogP contribution in [0.4, 0.5) is 5.13 Å². The third-order valence-electron chi connectivity index (χ3n) is 9.55. The monoisotopic (exact) mass is 785 g/mol. The van der Waals surface area contributed by atoms with Gasteiger partial charge in [0.25, 0.3) is 5.91 Å². The SMILES string of the molecule is Cc1ccc(C(=O)NCC(=O)Nc2nc(-c3cccc(CCCNCCCc4ccc5c(c4)n(C)c(=O)n5C4CCC(=O)NC4=O)c3)cs2)cc1S(C)(=O)=O. The quantitative estimate of drug-likeness (QED) is 0.0907. The predicted octanol–water partition coefficient (Wildman–Crippen LogP) is 3.68. The second-order valence-electron chi connectivity index (χ2n) is 13.7. The Labute approximate surface area is 322 Å². The fraction of sp³-hybridized carbons (Fsp3) is 0.333. The topological polar surface area (TPSA) is 190 Å². The lowest BCUT2D eigenvalue weighted by atomic mass is 10.0. The number of aryl methyl sites for hydroxylation is 4. The van der Waals surface area contributed by atoms with Crippen molar-refractivity contribution in [2.75, 3.05) is 31.2 Å². The lowest BCUT2D eigenvalue weighted by Gasteiger charge is -2.21. The van der Waals surface area contributed by atoms with Crippen LogP contribution < -0.4 is 27.0 Å². The van der Waals surface area contributed by atoms with E-state index in [4.69, 9.17) is 0 Å². The van der Waals surface area contributed by atoms with Crippen LogP contribution in [0.5, 0.6) is 0 Å². The first-order valence-corrected chi connectivity index (χ1v) is 20.7. The average molecular weight is 786 g/mol. The Bertz CT molecular complexity index is 2450. The van der Waals surface area contributed by atoms with Crippen molar-refractivity contribution in [1.82, 2.24) is 30.1 Å². The molecule has 1 aliphatic rings. The summed E-state index contributed by atoms with van der Waals surface area (Å²) in [5.74, 6) is -1.77. The number of fused-ring (bicyclic) bond motifs is 1. The highest BCUT2D eigenvalue weighted by atomic mass is 32.2. The number of sulfone groups is 1. The number of carbonyl (C=O) groups excluding carboxylic acids is 4. The molecule has 5 aromatic rings. The molecule has 3 heterocycles. The molecule has 0 radical (unpaired) electrons. The van der Waals surface area contributed by atoms with Gasteiger partial charge in [-0.05, 0) is 99.1 Å². The largest absolute Gasteiger partial charge is 0.343 e. The molecule has 2 aromatic heterocycles. The molecule has 3 aromatic carbocycles. The van der Waals surface area contributed by atoms with Gasteiger partial charge in [0.15, 0.2) is 15.0 Å². The van der Waals surface area contributed by atoms with Gasteiger partial charge >= 0.3 is 5.69 Å². The highest BCUT2D eigenvalue weighted by Crippen LogP contribution is 2.27. The van der Waals surface area contributed by atoms with Gasteiger partial charge in [0.05, 0.1) is 28.2 Å². The number of nitrogens with one attached hydrogen (secondary N) is 4. The van der Waals surface area contributed by atoms with Crippen LogP contribution in [0.15, 0.2) is 75.7 Å². The van der Waals surface area contributed by atoms with Crippen LogP contribution in [0, 0.1) is 6.92 Å². The van der Waals surface area contributed by atoms with Crippen LogP contribution in [0.25, 0.3) is 22.3 Å². The number of anilines is 1. The lowest BCUT2D eigenvalue weighted by molar-refractivity contribution is -0.135. The summed E-state index contributed by atoms with van der Waals surface area (Å²) < 4.78 is 27.1. The molecule has 0 aliphatic carbocycles. The number of amides is 4. The van der Waals surface area contributed by atoms with E-state index in [1.807, 2.05) is 35.7 Å². The van der Waals surface area contributed by atoms with E-state index in [9.17, 15) is 32.4 Å². The van der Waals surface area contributed by atoms with Crippen molar-refractivity contribution >= 4 is 61.0 Å². The number of thiazole rings is 1. The van der Waals surface area contributed by atoms with E-state index in [0.29, 0.717) is 22.6 Å². The molecule has 1 unspecified atom stereocenters. The van der Waals surface area contributed by atoms with Crippen LogP contribution >= 0.6 is 11.3 Å². The number of rotatable bonds is 15. The molecular formula is C39H43N7O7S2. The van der Waals surface area contributed by atoms with Gasteiger partial charge in [0.2, 0.25) is 17.7 Å². The van der Waals surface area contributed by atoms with Crippen molar-refractivity contribution in [3.63, 3.8) is 0 Å². The van der Waals surface area contributed by atoms with Gasteiger partial charge < -0.3 is 16.0 Å². The second-order valence-corrected chi connectivity index (χ2v) is 16.5. The van der Waals surface area contributed by atoms with E-state index >= 15 is 0 Å². The maximum atomic E-state index is 13.0. The lowest BCUT2D eigenvalue weighted by Crippen LogP contribution is -2.44. The van der Waals surface area contributed by atoms with E-state index in [0.717, 1.165) is 67.4 Å². The first kappa shape index (κ1) is 39.2. The fourth-order valence-corrected chi connectivity index (χ4v) is 8.40. The van der Waals surface area contributed by atoms with Crippen molar-refractivity contribution in [3.8, 4) is 11.3 Å². The van der Waals surface area contributed by atoms with E-state index in [2.05, 4.69) is 38.4 Å². The summed E-state index contributed by atoms with van der Waals surface area (Å²) in [6.07, 6.45) is 5.14. The standard InChI is InChI=1S/C39H43N7O7S2/c1-24-11-13-28(21-33(24)55(3,52)53)36(49)41-22-35(48)44-38-42-29(23-54-38)27-10-4-7-25(19-27)8-5-17-40-18-6-9-26-12-14-30-32(20-26)45(2)39(51)46(30)31-15-16-34(47)43-37(31)50/h4,7,10-14,19-21,23,31,40H,5-6,8-9,15-18,22H2,1-3H3,(H,41,49)(H,42,44,48)(H,43,47,50). The van der Waals surface area contributed by atoms with Crippen molar-refractivity contribution in [1.29, 1.82) is 0 Å². The Morgan fingerprint density at radius 3 is 2.44 bits per heavy atom. The Kier molecular flexibility index (Phi) is 12.1. The van der Waals surface area contributed by atoms with E-state index in [1.54, 1.807) is 24.6 Å². The molecule has 0 spiro atoms. The number of imide groups is 1. The fourth-order valence-electron chi connectivity index (χ4n) is 6.67. The third-order valence-corrected chi connectivity index (χ3v) is 11.5. The molecule has 55 heavy (non-hydrogen) atoms. The Hall–Kier alpha value is -5.45. The molecule has 0 bridgehead atoms. The molecule has 16 heteroatoms. The molecule has 1 saturated heterocycles. The van der Waals surface area contributed by atoms with Gasteiger partial charge in [-0.3, -0.25) is 33.6 Å². The smallest absolute Gasteiger partial charge is 0.329 e. The number of imidazole rings is 1. The Morgan fingerprint density at radius 2 is 1.71 bits per heavy atom. The number of hydrogen-bond acceptors (Lipinski definition) is 10. The van der Waals surface area contributed by atoms with E-state index < -0.39 is 33.6 Å². The zero-order valence-corrected chi connectivity index (χ0v) is 32.4. The van der Waals surface area contributed by atoms with Crippen molar-refractivity contribution < 1.29 is 27.6 Å². The maximum Gasteiger partial charge on any atom is 0.329 e. The minimum Gasteiger partial charge on any atom is -0.343 e. The highest BCUT2D eigenvalue weighted by Gasteiger charge is 2.31. The minimum atomic E-state index is -3.50. The summed E-state index contributed by atoms with van der Waals surface area (Å²) >= 11 is 1.28. The zero-order valence-electron chi connectivity index (χ0n) is 30.8. The Balaban J connectivity index is 0.925. The third kappa shape index (κ3) is 9.44. The van der Waals surface area contributed by atoms with Crippen molar-refractivity contribution in [2.24, 2.45) is 7.05 Å². The Morgan fingerprint density at radius 1 is 0.964 bits per heavy atom. The van der Waals surface area contributed by atoms with Gasteiger partial charge in [-0.25, -0.2) is 18.2 Å². The number of aromatic nitrogens is 3. The highest BCUT2D eigenvalue weighted by molar-refractivity contribution is 7.90. The number of carbonyl (C=O) groups is 4. The van der Waals surface area contributed by atoms with E-state index in [1.165, 1.54) is 33.6 Å². The van der Waals surface area contributed by atoms with Gasteiger partial charge in [0, 0.05) is 36.2 Å². The minimum absolute atomic E-state index is 0.0684. The number of piperidine rings is 1. The summed E-state index contributed by atoms with van der Waals surface area (Å²) in [5.41, 5.74) is 5.77. The number of hydrogen-bond donors (Lipinski definition) is 4. The first-order valence-electron chi connectivity index (χ1n) is 18.0. The van der Waals surface area contributed by atoms with Crippen LogP contribution in [0.1, 0.15) is 58.8 Å². The van der Waals surface area contributed by atoms with Gasteiger partial charge in [0.1, 0.15) is 6.04 Å². The van der Waals surface area contributed by atoms with Crippen molar-refractivity contribution in [3.05, 3.63) is 98.8 Å². The molecular weight excluding hydrogens is 743 g/mol. The summed E-state index contributed by atoms with van der Waals surface area (Å²) in [6.45, 7) is 3.03. The molecule has 14 nitrogen and oxygen atoms in total. The first-order chi connectivity index (χ1) is 26.3. The maximum absolute atomic E-state index is 13.0. The molecule has 4 N–H and O–H groups in total. The van der Waals surface area contributed by atoms with E-state index in [-0.39, 0.29) is 35.0 Å². The number of nitrogens with zero attached hydrogens (tertiary/aromatic N) is 3. The summed E-state index contributed by atoms with van der Waals surface area (Å²) in [4.78, 5) is 66.9. The second kappa shape index (κ2) is 16.9. The molecule has 4 amide bonds. The zero-order chi connectivity index (χ0) is 39.3. The molecule has 288 valence electrons. The van der Waals surface area contributed by atoms with Crippen LogP contribution in [-0.2, 0) is 44.1 Å². The molecule has 1 aliphatic heterocycles.